The normalized spacial score (nSPS) is 10.6. The van der Waals surface area contributed by atoms with E-state index in [9.17, 15) is 0 Å². The van der Waals surface area contributed by atoms with Gasteiger partial charge < -0.3 is 14.9 Å². The zero-order valence-corrected chi connectivity index (χ0v) is 10.9. The van der Waals surface area contributed by atoms with E-state index < -0.39 is 0 Å². The minimum Gasteiger partial charge on any atom is -0.492 e. The lowest BCUT2D eigenvalue weighted by Gasteiger charge is -2.06. The van der Waals surface area contributed by atoms with E-state index in [1.165, 1.54) is 0 Å². The van der Waals surface area contributed by atoms with Crippen LogP contribution in [0.25, 0.3) is 11.3 Å². The zero-order valence-electron chi connectivity index (χ0n) is 10.1. The molecule has 2 N–H and O–H groups in total. The highest BCUT2D eigenvalue weighted by atomic mass is 35.5. The zero-order chi connectivity index (χ0) is 13.0. The maximum atomic E-state index is 6.12. The van der Waals surface area contributed by atoms with Crippen molar-refractivity contribution < 1.29 is 9.15 Å². The average Bonchev–Trinajstić information content (AvgIpc) is 2.81. The van der Waals surface area contributed by atoms with Gasteiger partial charge >= 0.3 is 0 Å². The third-order valence-corrected chi connectivity index (χ3v) is 2.73. The summed E-state index contributed by atoms with van der Waals surface area (Å²) in [5.74, 6) is 1.31. The lowest BCUT2D eigenvalue weighted by molar-refractivity contribution is 0.340. The van der Waals surface area contributed by atoms with E-state index in [-0.39, 0.29) is 0 Å². The molecule has 0 spiro atoms. The number of benzene rings is 1. The summed E-state index contributed by atoms with van der Waals surface area (Å²) in [6.07, 6.45) is 2.24. The second-order valence-corrected chi connectivity index (χ2v) is 4.15. The highest BCUT2D eigenvalue weighted by Gasteiger charge is 2.08. The Morgan fingerprint density at radius 1 is 1.44 bits per heavy atom. The van der Waals surface area contributed by atoms with Crippen LogP contribution in [0.15, 0.2) is 28.9 Å². The maximum Gasteiger partial charge on any atom is 0.195 e. The molecule has 0 amide bonds. The van der Waals surface area contributed by atoms with E-state index in [4.69, 9.17) is 26.5 Å². The van der Waals surface area contributed by atoms with Crippen molar-refractivity contribution in [3.05, 3.63) is 35.4 Å². The quantitative estimate of drug-likeness (QED) is 0.904. The molecule has 18 heavy (non-hydrogen) atoms. The number of aromatic nitrogens is 1. The van der Waals surface area contributed by atoms with E-state index in [2.05, 4.69) is 4.98 Å². The van der Waals surface area contributed by atoms with Crippen LogP contribution in [0.1, 0.15) is 12.8 Å². The van der Waals surface area contributed by atoms with E-state index in [1.807, 2.05) is 25.1 Å². The molecule has 0 aliphatic heterocycles. The Hall–Kier alpha value is -1.52. The molecule has 0 radical (unpaired) electrons. The minimum absolute atomic E-state index is 0.518. The lowest BCUT2D eigenvalue weighted by Crippen LogP contribution is -2.02. The molecule has 2 aromatic rings. The molecule has 2 rings (SSSR count). The first-order valence-corrected chi connectivity index (χ1v) is 6.19. The Bertz CT molecular complexity index is 525. The van der Waals surface area contributed by atoms with Gasteiger partial charge in [-0.25, -0.2) is 4.98 Å². The monoisotopic (exact) mass is 266 g/mol. The second-order valence-electron chi connectivity index (χ2n) is 3.74. The molecule has 0 saturated heterocycles. The molecular formula is C13H15ClN2O2. The van der Waals surface area contributed by atoms with Gasteiger partial charge in [0.1, 0.15) is 17.7 Å². The van der Waals surface area contributed by atoms with Gasteiger partial charge in [0.05, 0.1) is 11.6 Å². The highest BCUT2D eigenvalue weighted by molar-refractivity contribution is 6.32. The largest absolute Gasteiger partial charge is 0.492 e. The Balaban J connectivity index is 2.24. The van der Waals surface area contributed by atoms with Crippen LogP contribution in [0.4, 0.5) is 0 Å². The summed E-state index contributed by atoms with van der Waals surface area (Å²) in [5.41, 5.74) is 7.10. The summed E-state index contributed by atoms with van der Waals surface area (Å²) >= 11 is 6.12. The molecule has 0 aliphatic carbocycles. The predicted molar refractivity (Wildman–Crippen MR) is 70.9 cm³/mol. The fraction of sp³-hybridized carbons (Fsp3) is 0.308. The summed E-state index contributed by atoms with van der Waals surface area (Å²) in [7, 11) is 0. The molecule has 1 heterocycles. The van der Waals surface area contributed by atoms with Crippen molar-refractivity contribution in [2.24, 2.45) is 5.73 Å². The van der Waals surface area contributed by atoms with Crippen molar-refractivity contribution in [2.75, 3.05) is 13.2 Å². The van der Waals surface area contributed by atoms with E-state index in [0.717, 1.165) is 11.3 Å². The molecule has 96 valence electrons. The van der Waals surface area contributed by atoms with Gasteiger partial charge in [-0.3, -0.25) is 0 Å². The van der Waals surface area contributed by atoms with Gasteiger partial charge in [-0.15, -0.1) is 0 Å². The van der Waals surface area contributed by atoms with Crippen molar-refractivity contribution in [1.82, 2.24) is 4.98 Å². The van der Waals surface area contributed by atoms with Crippen LogP contribution in [0.2, 0.25) is 5.02 Å². The van der Waals surface area contributed by atoms with E-state index in [1.54, 1.807) is 6.26 Å². The molecule has 0 fully saturated rings. The van der Waals surface area contributed by atoms with Gasteiger partial charge in [0.25, 0.3) is 0 Å². The summed E-state index contributed by atoms with van der Waals surface area (Å²) in [6, 6.07) is 5.55. The Morgan fingerprint density at radius 2 is 2.28 bits per heavy atom. The van der Waals surface area contributed by atoms with Crippen LogP contribution < -0.4 is 10.5 Å². The van der Waals surface area contributed by atoms with Crippen LogP contribution in [-0.4, -0.2) is 18.1 Å². The van der Waals surface area contributed by atoms with Crippen molar-refractivity contribution in [3.8, 4) is 17.0 Å². The van der Waals surface area contributed by atoms with Gasteiger partial charge in [0.15, 0.2) is 5.89 Å². The number of nitrogens with zero attached hydrogens (tertiary/aromatic N) is 1. The van der Waals surface area contributed by atoms with Gasteiger partial charge in [-0.1, -0.05) is 11.6 Å². The number of hydrogen-bond donors (Lipinski definition) is 1. The van der Waals surface area contributed by atoms with Crippen molar-refractivity contribution >= 4 is 11.6 Å². The van der Waals surface area contributed by atoms with Crippen LogP contribution in [0.5, 0.6) is 5.75 Å². The smallest absolute Gasteiger partial charge is 0.195 e. The first kappa shape index (κ1) is 12.9. The van der Waals surface area contributed by atoms with Crippen molar-refractivity contribution in [1.29, 1.82) is 0 Å². The van der Waals surface area contributed by atoms with Crippen LogP contribution in [-0.2, 0) is 6.42 Å². The summed E-state index contributed by atoms with van der Waals surface area (Å²) in [5, 5.41) is 0.567. The second kappa shape index (κ2) is 5.89. The maximum absolute atomic E-state index is 6.12. The predicted octanol–water partition coefficient (Wildman–Crippen LogP) is 2.89. The standard InChI is InChI=1S/C13H15ClN2O2/c1-2-17-12-4-3-9(7-10(12)14)11-8-18-13(16-11)5-6-15/h3-4,7-8H,2,5-6,15H2,1H3. The number of hydrogen-bond acceptors (Lipinski definition) is 4. The first-order chi connectivity index (χ1) is 8.74. The molecule has 4 nitrogen and oxygen atoms in total. The van der Waals surface area contributed by atoms with Crippen LogP contribution in [0.3, 0.4) is 0 Å². The molecule has 0 bridgehead atoms. The summed E-state index contributed by atoms with van der Waals surface area (Å²) in [4.78, 5) is 4.34. The lowest BCUT2D eigenvalue weighted by atomic mass is 10.1. The molecule has 0 atom stereocenters. The number of rotatable bonds is 5. The summed E-state index contributed by atoms with van der Waals surface area (Å²) < 4.78 is 10.7. The van der Waals surface area contributed by atoms with Gasteiger partial charge in [-0.2, -0.15) is 0 Å². The van der Waals surface area contributed by atoms with Gasteiger partial charge in [0, 0.05) is 18.5 Å². The fourth-order valence-electron chi connectivity index (χ4n) is 1.61. The van der Waals surface area contributed by atoms with Gasteiger partial charge in [-0.05, 0) is 25.1 Å². The van der Waals surface area contributed by atoms with E-state index >= 15 is 0 Å². The highest BCUT2D eigenvalue weighted by Crippen LogP contribution is 2.30. The number of ether oxygens (including phenoxy) is 1. The topological polar surface area (TPSA) is 61.3 Å². The van der Waals surface area contributed by atoms with Crippen LogP contribution in [0, 0.1) is 0 Å². The number of nitrogens with two attached hydrogens (primary N) is 1. The molecule has 1 aromatic carbocycles. The van der Waals surface area contributed by atoms with Gasteiger partial charge in [0.2, 0.25) is 0 Å². The van der Waals surface area contributed by atoms with Crippen molar-refractivity contribution in [2.45, 2.75) is 13.3 Å². The minimum atomic E-state index is 0.518. The first-order valence-electron chi connectivity index (χ1n) is 5.81. The molecule has 0 saturated carbocycles. The molecule has 0 aliphatic rings. The average molecular weight is 267 g/mol. The Morgan fingerprint density at radius 3 is 2.94 bits per heavy atom. The van der Waals surface area contributed by atoms with E-state index in [0.29, 0.717) is 36.2 Å². The number of oxazole rings is 1. The third-order valence-electron chi connectivity index (χ3n) is 2.44. The summed E-state index contributed by atoms with van der Waals surface area (Å²) in [6.45, 7) is 3.02. The fourth-order valence-corrected chi connectivity index (χ4v) is 1.85. The number of halogens is 1. The Kier molecular flexibility index (Phi) is 4.23. The molecular weight excluding hydrogens is 252 g/mol. The van der Waals surface area contributed by atoms with Crippen molar-refractivity contribution in [3.63, 3.8) is 0 Å². The Labute approximate surface area is 111 Å². The van der Waals surface area contributed by atoms with Crippen LogP contribution >= 0.6 is 11.6 Å². The third kappa shape index (κ3) is 2.83. The SMILES string of the molecule is CCOc1ccc(-c2coc(CCN)n2)cc1Cl. The molecule has 0 unspecified atom stereocenters. The molecule has 5 heteroatoms. The molecule has 1 aromatic heterocycles.